The summed E-state index contributed by atoms with van der Waals surface area (Å²) in [6.45, 7) is 7.23. The lowest BCUT2D eigenvalue weighted by Gasteiger charge is -2.29. The van der Waals surface area contributed by atoms with E-state index < -0.39 is 11.9 Å². The van der Waals surface area contributed by atoms with Gasteiger partial charge in [-0.15, -0.1) is 0 Å². The number of hydrogen-bond acceptors (Lipinski definition) is 5. The minimum atomic E-state index is -0.784. The SMILES string of the molecule is CCCN(Cc1ncnn1CCC)C1COCC1C(=O)O. The number of ether oxygens (including phenoxy) is 1. The Balaban J connectivity index is 2.11. The molecule has 2 heterocycles. The van der Waals surface area contributed by atoms with Gasteiger partial charge in [0, 0.05) is 12.6 Å². The predicted octanol–water partition coefficient (Wildman–Crippen LogP) is 1.000. The molecule has 7 heteroatoms. The molecule has 1 aliphatic rings. The van der Waals surface area contributed by atoms with Crippen LogP contribution in [0.3, 0.4) is 0 Å². The fraction of sp³-hybridized carbons (Fsp3) is 0.786. The van der Waals surface area contributed by atoms with Crippen LogP contribution in [0.25, 0.3) is 0 Å². The van der Waals surface area contributed by atoms with Crippen LogP contribution >= 0.6 is 0 Å². The Kier molecular flexibility index (Phi) is 5.69. The molecule has 0 bridgehead atoms. The summed E-state index contributed by atoms with van der Waals surface area (Å²) in [5.74, 6) is -0.353. The third kappa shape index (κ3) is 3.79. The Morgan fingerprint density at radius 3 is 2.95 bits per heavy atom. The van der Waals surface area contributed by atoms with Crippen LogP contribution in [-0.4, -0.2) is 56.5 Å². The van der Waals surface area contributed by atoms with Crippen LogP contribution in [0.5, 0.6) is 0 Å². The summed E-state index contributed by atoms with van der Waals surface area (Å²) in [5.41, 5.74) is 0. The number of aryl methyl sites for hydroxylation is 1. The van der Waals surface area contributed by atoms with E-state index in [1.165, 1.54) is 0 Å². The Bertz CT molecular complexity index is 463. The van der Waals surface area contributed by atoms with Crippen LogP contribution < -0.4 is 0 Å². The predicted molar refractivity (Wildman–Crippen MR) is 76.7 cm³/mol. The van der Waals surface area contributed by atoms with Gasteiger partial charge in [0.15, 0.2) is 0 Å². The Morgan fingerprint density at radius 2 is 2.29 bits per heavy atom. The largest absolute Gasteiger partial charge is 0.481 e. The minimum absolute atomic E-state index is 0.0887. The van der Waals surface area contributed by atoms with E-state index in [-0.39, 0.29) is 6.04 Å². The van der Waals surface area contributed by atoms with Gasteiger partial charge in [-0.25, -0.2) is 9.67 Å². The normalized spacial score (nSPS) is 22.0. The van der Waals surface area contributed by atoms with Crippen molar-refractivity contribution in [2.45, 2.75) is 45.8 Å². The molecule has 0 radical (unpaired) electrons. The highest BCUT2D eigenvalue weighted by molar-refractivity contribution is 5.71. The molecule has 1 aromatic rings. The quantitative estimate of drug-likeness (QED) is 0.771. The second-order valence-electron chi connectivity index (χ2n) is 5.42. The summed E-state index contributed by atoms with van der Waals surface area (Å²) in [5, 5.41) is 13.6. The number of carbonyl (C=O) groups is 1. The van der Waals surface area contributed by atoms with E-state index in [0.29, 0.717) is 19.8 Å². The van der Waals surface area contributed by atoms with Crippen molar-refractivity contribution in [1.82, 2.24) is 19.7 Å². The van der Waals surface area contributed by atoms with E-state index in [1.807, 2.05) is 4.68 Å². The first-order chi connectivity index (χ1) is 10.2. The third-order valence-corrected chi connectivity index (χ3v) is 3.82. The van der Waals surface area contributed by atoms with Gasteiger partial charge in [-0.05, 0) is 19.4 Å². The summed E-state index contributed by atoms with van der Waals surface area (Å²) in [6.07, 6.45) is 3.52. The molecule has 21 heavy (non-hydrogen) atoms. The van der Waals surface area contributed by atoms with Crippen molar-refractivity contribution >= 4 is 5.97 Å². The summed E-state index contributed by atoms with van der Waals surface area (Å²) >= 11 is 0. The lowest BCUT2D eigenvalue weighted by Crippen LogP contribution is -2.43. The maximum atomic E-state index is 11.4. The zero-order chi connectivity index (χ0) is 15.2. The molecule has 0 aromatic carbocycles. The van der Waals surface area contributed by atoms with E-state index in [1.54, 1.807) is 6.33 Å². The van der Waals surface area contributed by atoms with Gasteiger partial charge in [-0.3, -0.25) is 9.69 Å². The summed E-state index contributed by atoms with van der Waals surface area (Å²) in [6, 6.07) is -0.0887. The van der Waals surface area contributed by atoms with Crippen molar-refractivity contribution in [1.29, 1.82) is 0 Å². The monoisotopic (exact) mass is 296 g/mol. The average molecular weight is 296 g/mol. The van der Waals surface area contributed by atoms with E-state index in [0.717, 1.165) is 31.8 Å². The van der Waals surface area contributed by atoms with Crippen molar-refractivity contribution in [3.8, 4) is 0 Å². The van der Waals surface area contributed by atoms with Gasteiger partial charge in [0.25, 0.3) is 0 Å². The molecule has 0 saturated carbocycles. The van der Waals surface area contributed by atoms with E-state index in [4.69, 9.17) is 4.74 Å². The first kappa shape index (κ1) is 15.9. The third-order valence-electron chi connectivity index (χ3n) is 3.82. The average Bonchev–Trinajstić information content (AvgIpc) is 3.08. The molecule has 0 amide bonds. The van der Waals surface area contributed by atoms with Crippen LogP contribution in [0.1, 0.15) is 32.5 Å². The number of hydrogen-bond donors (Lipinski definition) is 1. The summed E-state index contributed by atoms with van der Waals surface area (Å²) in [7, 11) is 0. The second-order valence-corrected chi connectivity index (χ2v) is 5.42. The maximum Gasteiger partial charge on any atom is 0.310 e. The number of aliphatic carboxylic acids is 1. The van der Waals surface area contributed by atoms with Crippen LogP contribution in [0, 0.1) is 5.92 Å². The van der Waals surface area contributed by atoms with Crippen molar-refractivity contribution < 1.29 is 14.6 Å². The second kappa shape index (κ2) is 7.51. The first-order valence-electron chi connectivity index (χ1n) is 7.58. The summed E-state index contributed by atoms with van der Waals surface area (Å²) < 4.78 is 7.29. The van der Waals surface area contributed by atoms with Gasteiger partial charge >= 0.3 is 5.97 Å². The molecular weight excluding hydrogens is 272 g/mol. The Morgan fingerprint density at radius 1 is 1.48 bits per heavy atom. The zero-order valence-corrected chi connectivity index (χ0v) is 12.7. The molecule has 2 unspecified atom stereocenters. The van der Waals surface area contributed by atoms with Crippen molar-refractivity contribution in [2.24, 2.45) is 5.92 Å². The molecule has 2 rings (SSSR count). The molecule has 1 aromatic heterocycles. The van der Waals surface area contributed by atoms with E-state index >= 15 is 0 Å². The molecule has 2 atom stereocenters. The van der Waals surface area contributed by atoms with Gasteiger partial charge in [0.05, 0.1) is 25.7 Å². The zero-order valence-electron chi connectivity index (χ0n) is 12.7. The standard InChI is InChI=1S/C14H24N4O3/c1-3-5-17(12-9-21-8-11(12)14(19)20)7-13-15-10-16-18(13)6-4-2/h10-12H,3-9H2,1-2H3,(H,19,20). The van der Waals surface area contributed by atoms with Gasteiger partial charge in [-0.1, -0.05) is 13.8 Å². The highest BCUT2D eigenvalue weighted by Crippen LogP contribution is 2.22. The summed E-state index contributed by atoms with van der Waals surface area (Å²) in [4.78, 5) is 17.8. The van der Waals surface area contributed by atoms with Crippen molar-refractivity contribution in [2.75, 3.05) is 19.8 Å². The molecule has 7 nitrogen and oxygen atoms in total. The molecule has 118 valence electrons. The Hall–Kier alpha value is -1.47. The highest BCUT2D eigenvalue weighted by Gasteiger charge is 2.38. The van der Waals surface area contributed by atoms with Crippen LogP contribution in [0.2, 0.25) is 0 Å². The molecule has 0 spiro atoms. The topological polar surface area (TPSA) is 80.5 Å². The molecule has 1 N–H and O–H groups in total. The number of nitrogens with zero attached hydrogens (tertiary/aromatic N) is 4. The van der Waals surface area contributed by atoms with Gasteiger partial charge in [0.2, 0.25) is 0 Å². The van der Waals surface area contributed by atoms with E-state index in [9.17, 15) is 9.90 Å². The smallest absolute Gasteiger partial charge is 0.310 e. The molecule has 1 aliphatic heterocycles. The van der Waals surface area contributed by atoms with Crippen LogP contribution in [0.4, 0.5) is 0 Å². The number of carboxylic acid groups (broad SMARTS) is 1. The number of aromatic nitrogens is 3. The highest BCUT2D eigenvalue weighted by atomic mass is 16.5. The van der Waals surface area contributed by atoms with Gasteiger partial charge in [0.1, 0.15) is 12.2 Å². The lowest BCUT2D eigenvalue weighted by atomic mass is 10.0. The fourth-order valence-corrected chi connectivity index (χ4v) is 2.78. The molecule has 0 aliphatic carbocycles. The maximum absolute atomic E-state index is 11.4. The minimum Gasteiger partial charge on any atom is -0.481 e. The number of carboxylic acids is 1. The first-order valence-corrected chi connectivity index (χ1v) is 7.58. The Labute approximate surface area is 124 Å². The number of rotatable bonds is 8. The van der Waals surface area contributed by atoms with Crippen molar-refractivity contribution in [3.63, 3.8) is 0 Å². The fourth-order valence-electron chi connectivity index (χ4n) is 2.78. The van der Waals surface area contributed by atoms with Crippen LogP contribution in [0.15, 0.2) is 6.33 Å². The van der Waals surface area contributed by atoms with Crippen LogP contribution in [-0.2, 0) is 22.6 Å². The van der Waals surface area contributed by atoms with Gasteiger partial charge < -0.3 is 9.84 Å². The molecular formula is C14H24N4O3. The molecule has 1 fully saturated rings. The van der Waals surface area contributed by atoms with E-state index in [2.05, 4.69) is 28.8 Å². The molecule has 1 saturated heterocycles. The van der Waals surface area contributed by atoms with Crippen molar-refractivity contribution in [3.05, 3.63) is 12.2 Å². The van der Waals surface area contributed by atoms with Gasteiger partial charge in [-0.2, -0.15) is 5.10 Å². The lowest BCUT2D eigenvalue weighted by molar-refractivity contribution is -0.143.